The lowest BCUT2D eigenvalue weighted by Crippen LogP contribution is -1.95. The SMILES string of the molecule is Fc1ccc(Nc2ncc[nH]2)c(I)c1. The zero-order valence-corrected chi connectivity index (χ0v) is 9.25. The van der Waals surface area contributed by atoms with Gasteiger partial charge in [-0.2, -0.15) is 0 Å². The van der Waals surface area contributed by atoms with Crippen molar-refractivity contribution in [2.45, 2.75) is 0 Å². The number of anilines is 2. The molecule has 1 aromatic carbocycles. The molecule has 0 radical (unpaired) electrons. The standard InChI is InChI=1S/C9H7FIN3/c10-6-1-2-8(7(11)5-6)14-9-12-3-4-13-9/h1-5H,(H2,12,13,14). The van der Waals surface area contributed by atoms with Crippen LogP contribution in [0, 0.1) is 9.39 Å². The Hall–Kier alpha value is -1.11. The van der Waals surface area contributed by atoms with Crippen molar-refractivity contribution in [3.63, 3.8) is 0 Å². The molecule has 1 heterocycles. The molecule has 2 N–H and O–H groups in total. The van der Waals surface area contributed by atoms with Gasteiger partial charge in [-0.3, -0.25) is 0 Å². The van der Waals surface area contributed by atoms with Crippen LogP contribution in [0.2, 0.25) is 0 Å². The van der Waals surface area contributed by atoms with Gasteiger partial charge in [0.05, 0.1) is 5.69 Å². The van der Waals surface area contributed by atoms with Gasteiger partial charge in [0.25, 0.3) is 0 Å². The normalized spacial score (nSPS) is 10.1. The van der Waals surface area contributed by atoms with E-state index in [2.05, 4.69) is 37.9 Å². The fourth-order valence-electron chi connectivity index (χ4n) is 1.05. The minimum atomic E-state index is -0.237. The van der Waals surface area contributed by atoms with Crippen LogP contribution >= 0.6 is 22.6 Å². The van der Waals surface area contributed by atoms with Crippen LogP contribution < -0.4 is 5.32 Å². The fourth-order valence-corrected chi connectivity index (χ4v) is 1.66. The van der Waals surface area contributed by atoms with E-state index >= 15 is 0 Å². The third-order valence-corrected chi connectivity index (χ3v) is 2.57. The average molecular weight is 303 g/mol. The van der Waals surface area contributed by atoms with Crippen LogP contribution in [-0.4, -0.2) is 9.97 Å². The Kier molecular flexibility index (Phi) is 2.67. The van der Waals surface area contributed by atoms with E-state index in [-0.39, 0.29) is 5.82 Å². The molecule has 5 heteroatoms. The van der Waals surface area contributed by atoms with Crippen molar-refractivity contribution < 1.29 is 4.39 Å². The second-order valence-electron chi connectivity index (χ2n) is 2.69. The number of nitrogens with zero attached hydrogens (tertiary/aromatic N) is 1. The van der Waals surface area contributed by atoms with Crippen molar-refractivity contribution in [2.75, 3.05) is 5.32 Å². The van der Waals surface area contributed by atoms with Gasteiger partial charge in [0.15, 0.2) is 0 Å². The van der Waals surface area contributed by atoms with E-state index in [0.717, 1.165) is 9.26 Å². The Morgan fingerprint density at radius 3 is 2.93 bits per heavy atom. The maximum Gasteiger partial charge on any atom is 0.204 e. The number of halogens is 2. The Balaban J connectivity index is 2.25. The highest BCUT2D eigenvalue weighted by Crippen LogP contribution is 2.21. The predicted octanol–water partition coefficient (Wildman–Crippen LogP) is 2.90. The van der Waals surface area contributed by atoms with E-state index in [4.69, 9.17) is 0 Å². The molecule has 0 fully saturated rings. The molecule has 0 unspecified atom stereocenters. The molecule has 1 aromatic heterocycles. The van der Waals surface area contributed by atoms with Crippen molar-refractivity contribution in [2.24, 2.45) is 0 Å². The zero-order valence-electron chi connectivity index (χ0n) is 7.09. The number of aromatic amines is 1. The minimum Gasteiger partial charge on any atom is -0.331 e. The molecule has 2 aromatic rings. The van der Waals surface area contributed by atoms with E-state index in [1.54, 1.807) is 18.5 Å². The van der Waals surface area contributed by atoms with Gasteiger partial charge < -0.3 is 10.3 Å². The van der Waals surface area contributed by atoms with Gasteiger partial charge >= 0.3 is 0 Å². The van der Waals surface area contributed by atoms with E-state index in [1.807, 2.05) is 0 Å². The summed E-state index contributed by atoms with van der Waals surface area (Å²) in [7, 11) is 0. The second kappa shape index (κ2) is 3.95. The number of imidazole rings is 1. The summed E-state index contributed by atoms with van der Waals surface area (Å²) in [5.41, 5.74) is 0.835. The van der Waals surface area contributed by atoms with E-state index in [0.29, 0.717) is 5.95 Å². The van der Waals surface area contributed by atoms with E-state index in [1.165, 1.54) is 12.1 Å². The Bertz CT molecular complexity index is 428. The molecular weight excluding hydrogens is 296 g/mol. The van der Waals surface area contributed by atoms with Gasteiger partial charge in [0.1, 0.15) is 5.82 Å². The van der Waals surface area contributed by atoms with Crippen molar-refractivity contribution in [1.82, 2.24) is 9.97 Å². The molecule has 3 nitrogen and oxygen atoms in total. The fraction of sp³-hybridized carbons (Fsp3) is 0. The summed E-state index contributed by atoms with van der Waals surface area (Å²) in [4.78, 5) is 6.92. The molecule has 0 aliphatic carbocycles. The number of hydrogen-bond donors (Lipinski definition) is 2. The summed E-state index contributed by atoms with van der Waals surface area (Å²) in [5, 5.41) is 3.04. The highest BCUT2D eigenvalue weighted by molar-refractivity contribution is 14.1. The van der Waals surface area contributed by atoms with Gasteiger partial charge in [0, 0.05) is 16.0 Å². The third-order valence-electron chi connectivity index (χ3n) is 1.68. The Labute approximate surface area is 93.9 Å². The summed E-state index contributed by atoms with van der Waals surface area (Å²) in [5.74, 6) is 0.411. The first kappa shape index (κ1) is 9.45. The number of nitrogens with one attached hydrogen (secondary N) is 2. The molecule has 2 rings (SSSR count). The van der Waals surface area contributed by atoms with Gasteiger partial charge in [0.2, 0.25) is 5.95 Å². The van der Waals surface area contributed by atoms with Crippen LogP contribution in [0.3, 0.4) is 0 Å². The second-order valence-corrected chi connectivity index (χ2v) is 3.85. The Morgan fingerprint density at radius 1 is 1.43 bits per heavy atom. The smallest absolute Gasteiger partial charge is 0.204 e. The molecule has 0 saturated heterocycles. The summed E-state index contributed by atoms with van der Waals surface area (Å²) in [6, 6.07) is 4.55. The largest absolute Gasteiger partial charge is 0.331 e. The molecule has 0 saturated carbocycles. The van der Waals surface area contributed by atoms with Crippen LogP contribution in [0.4, 0.5) is 16.0 Å². The molecule has 0 atom stereocenters. The average Bonchev–Trinajstić information content (AvgIpc) is 2.62. The molecule has 72 valence electrons. The van der Waals surface area contributed by atoms with Crippen molar-refractivity contribution in [3.8, 4) is 0 Å². The van der Waals surface area contributed by atoms with Gasteiger partial charge in [-0.1, -0.05) is 0 Å². The van der Waals surface area contributed by atoms with Crippen molar-refractivity contribution in [1.29, 1.82) is 0 Å². The molecule has 14 heavy (non-hydrogen) atoms. The van der Waals surface area contributed by atoms with Crippen LogP contribution in [0.5, 0.6) is 0 Å². The lowest BCUT2D eigenvalue weighted by molar-refractivity contribution is 0.627. The topological polar surface area (TPSA) is 40.7 Å². The van der Waals surface area contributed by atoms with Gasteiger partial charge in [-0.25, -0.2) is 9.37 Å². The number of rotatable bonds is 2. The quantitative estimate of drug-likeness (QED) is 0.838. The summed E-state index contributed by atoms with van der Waals surface area (Å²) in [6.45, 7) is 0. The maximum absolute atomic E-state index is 12.8. The maximum atomic E-state index is 12.8. The van der Waals surface area contributed by atoms with E-state index < -0.39 is 0 Å². The predicted molar refractivity (Wildman–Crippen MR) is 61.0 cm³/mol. The molecule has 0 amide bonds. The van der Waals surface area contributed by atoms with Crippen molar-refractivity contribution in [3.05, 3.63) is 40.0 Å². The van der Waals surface area contributed by atoms with Crippen molar-refractivity contribution >= 4 is 34.2 Å². The summed E-state index contributed by atoms with van der Waals surface area (Å²) in [6.07, 6.45) is 3.37. The number of benzene rings is 1. The molecular formula is C9H7FIN3. The first-order valence-corrected chi connectivity index (χ1v) is 5.05. The van der Waals surface area contributed by atoms with Crippen LogP contribution in [-0.2, 0) is 0 Å². The zero-order chi connectivity index (χ0) is 9.97. The van der Waals surface area contributed by atoms with Crippen LogP contribution in [0.1, 0.15) is 0 Å². The highest BCUT2D eigenvalue weighted by Gasteiger charge is 2.02. The number of aromatic nitrogens is 2. The summed E-state index contributed by atoms with van der Waals surface area (Å²) >= 11 is 2.07. The van der Waals surface area contributed by atoms with Crippen LogP contribution in [0.25, 0.3) is 0 Å². The molecule has 0 spiro atoms. The van der Waals surface area contributed by atoms with Gasteiger partial charge in [-0.15, -0.1) is 0 Å². The molecule has 0 bridgehead atoms. The van der Waals surface area contributed by atoms with Crippen LogP contribution in [0.15, 0.2) is 30.6 Å². The van der Waals surface area contributed by atoms with E-state index in [9.17, 15) is 4.39 Å². The molecule has 0 aliphatic rings. The third kappa shape index (κ3) is 2.03. The first-order chi connectivity index (χ1) is 6.75. The number of H-pyrrole nitrogens is 1. The lowest BCUT2D eigenvalue weighted by Gasteiger charge is -2.04. The molecule has 0 aliphatic heterocycles. The number of hydrogen-bond acceptors (Lipinski definition) is 2. The first-order valence-electron chi connectivity index (χ1n) is 3.97. The lowest BCUT2D eigenvalue weighted by atomic mass is 10.3. The van der Waals surface area contributed by atoms with Gasteiger partial charge in [-0.05, 0) is 40.8 Å². The minimum absolute atomic E-state index is 0.237. The summed E-state index contributed by atoms with van der Waals surface area (Å²) < 4.78 is 13.6. The monoisotopic (exact) mass is 303 g/mol. The highest BCUT2D eigenvalue weighted by atomic mass is 127. The Morgan fingerprint density at radius 2 is 2.29 bits per heavy atom.